The molecule has 0 saturated carbocycles. The summed E-state index contributed by atoms with van der Waals surface area (Å²) in [6, 6.07) is 12.5. The maximum Gasteiger partial charge on any atom is 0.269 e. The Bertz CT molecular complexity index is 1050. The summed E-state index contributed by atoms with van der Waals surface area (Å²) in [7, 11) is 0. The molecular formula is C26H36N6O. The Hall–Kier alpha value is -2.93. The minimum atomic E-state index is -0.124. The fraction of sp³-hybridized carbons (Fsp3) is 0.500. The van der Waals surface area contributed by atoms with Gasteiger partial charge in [-0.15, -0.1) is 0 Å². The van der Waals surface area contributed by atoms with Crippen molar-refractivity contribution in [3.63, 3.8) is 0 Å². The van der Waals surface area contributed by atoms with E-state index >= 15 is 0 Å². The average molecular weight is 449 g/mol. The normalized spacial score (nSPS) is 15.8. The van der Waals surface area contributed by atoms with Crippen LogP contribution in [0, 0.1) is 13.8 Å². The van der Waals surface area contributed by atoms with Crippen LogP contribution in [0.2, 0.25) is 0 Å². The molecule has 1 fully saturated rings. The van der Waals surface area contributed by atoms with Crippen LogP contribution in [0.5, 0.6) is 0 Å². The molecule has 0 spiro atoms. The Labute approximate surface area is 196 Å². The highest BCUT2D eigenvalue weighted by atomic mass is 16.1. The van der Waals surface area contributed by atoms with Crippen LogP contribution in [0.25, 0.3) is 11.3 Å². The van der Waals surface area contributed by atoms with Crippen molar-refractivity contribution in [1.29, 1.82) is 0 Å². The molecule has 1 saturated heterocycles. The van der Waals surface area contributed by atoms with Gasteiger partial charge in [0, 0.05) is 24.3 Å². The highest BCUT2D eigenvalue weighted by Gasteiger charge is 2.23. The van der Waals surface area contributed by atoms with Crippen molar-refractivity contribution < 1.29 is 4.79 Å². The lowest BCUT2D eigenvalue weighted by molar-refractivity contribution is 0.0928. The smallest absolute Gasteiger partial charge is 0.269 e. The molecule has 1 aliphatic rings. The van der Waals surface area contributed by atoms with Crippen LogP contribution in [-0.2, 0) is 6.54 Å². The zero-order valence-electron chi connectivity index (χ0n) is 20.1. The van der Waals surface area contributed by atoms with E-state index in [9.17, 15) is 4.79 Å². The fourth-order valence-electron chi connectivity index (χ4n) is 4.89. The second kappa shape index (κ2) is 10.8. The predicted octanol–water partition coefficient (Wildman–Crippen LogP) is 4.65. The molecule has 7 heteroatoms. The Morgan fingerprint density at radius 1 is 1.12 bits per heavy atom. The van der Waals surface area contributed by atoms with Crippen molar-refractivity contribution in [2.75, 3.05) is 19.6 Å². The van der Waals surface area contributed by atoms with Crippen molar-refractivity contribution >= 4 is 5.91 Å². The molecule has 33 heavy (non-hydrogen) atoms. The summed E-state index contributed by atoms with van der Waals surface area (Å²) in [5, 5.41) is 15.2. The van der Waals surface area contributed by atoms with Gasteiger partial charge in [0.15, 0.2) is 0 Å². The molecule has 2 N–H and O–H groups in total. The molecule has 0 aliphatic carbocycles. The summed E-state index contributed by atoms with van der Waals surface area (Å²) in [4.78, 5) is 15.6. The van der Waals surface area contributed by atoms with Gasteiger partial charge in [-0.2, -0.15) is 10.2 Å². The number of nitrogens with zero attached hydrogens (tertiary/aromatic N) is 4. The number of aromatic amines is 1. The van der Waals surface area contributed by atoms with Gasteiger partial charge in [-0.05, 0) is 57.8 Å². The van der Waals surface area contributed by atoms with E-state index in [1.54, 1.807) is 0 Å². The largest absolute Gasteiger partial charge is 0.349 e. The van der Waals surface area contributed by atoms with Gasteiger partial charge in [0.25, 0.3) is 5.91 Å². The number of H-pyrrole nitrogens is 1. The summed E-state index contributed by atoms with van der Waals surface area (Å²) in [5.74, 6) is -0.124. The van der Waals surface area contributed by atoms with Crippen LogP contribution in [0.15, 0.2) is 36.4 Å². The first-order valence-electron chi connectivity index (χ1n) is 12.3. The number of carbonyl (C=O) groups excluding carboxylic acids is 1. The third-order valence-corrected chi connectivity index (χ3v) is 6.62. The Morgan fingerprint density at radius 2 is 1.85 bits per heavy atom. The number of hydrogen-bond donors (Lipinski definition) is 2. The first-order chi connectivity index (χ1) is 16.1. The lowest BCUT2D eigenvalue weighted by atomic mass is 10.0. The SMILES string of the molecule is CCCn1nc(C)c(-c2cc(C(=O)NCC(c3ccccc3)N3CCCCCC3)[nH]n2)c1C. The van der Waals surface area contributed by atoms with Crippen LogP contribution >= 0.6 is 0 Å². The van der Waals surface area contributed by atoms with Crippen molar-refractivity contribution in [3.05, 3.63) is 59.0 Å². The molecule has 1 aliphatic heterocycles. The van der Waals surface area contributed by atoms with Gasteiger partial charge in [0.2, 0.25) is 0 Å². The van der Waals surface area contributed by atoms with E-state index in [2.05, 4.69) is 63.6 Å². The first kappa shape index (κ1) is 23.2. The van der Waals surface area contributed by atoms with Crippen LogP contribution in [0.4, 0.5) is 0 Å². The summed E-state index contributed by atoms with van der Waals surface area (Å²) in [6.45, 7) is 9.79. The van der Waals surface area contributed by atoms with Crippen LogP contribution < -0.4 is 5.32 Å². The van der Waals surface area contributed by atoms with Crippen LogP contribution in [-0.4, -0.2) is 50.4 Å². The van der Waals surface area contributed by atoms with Gasteiger partial charge >= 0.3 is 0 Å². The standard InChI is InChI=1S/C26H36N6O/c1-4-14-32-20(3)25(19(2)30-32)22-17-23(29-28-22)26(33)27-18-24(21-12-8-7-9-13-21)31-15-10-5-6-11-16-31/h7-9,12-13,17,24H,4-6,10-11,14-16,18H2,1-3H3,(H,27,33)(H,28,29). The summed E-state index contributed by atoms with van der Waals surface area (Å²) < 4.78 is 2.02. The molecule has 1 aromatic carbocycles. The molecule has 1 unspecified atom stereocenters. The van der Waals surface area contributed by atoms with Crippen LogP contribution in [0.3, 0.4) is 0 Å². The summed E-state index contributed by atoms with van der Waals surface area (Å²) in [6.07, 6.45) is 6.02. The highest BCUT2D eigenvalue weighted by molar-refractivity contribution is 5.93. The maximum atomic E-state index is 13.0. The minimum absolute atomic E-state index is 0.124. The third-order valence-electron chi connectivity index (χ3n) is 6.62. The van der Waals surface area contributed by atoms with Crippen molar-refractivity contribution in [2.24, 2.45) is 0 Å². The quantitative estimate of drug-likeness (QED) is 0.526. The monoisotopic (exact) mass is 448 g/mol. The van der Waals surface area contributed by atoms with Crippen molar-refractivity contribution in [2.45, 2.75) is 65.5 Å². The van der Waals surface area contributed by atoms with Crippen LogP contribution in [0.1, 0.15) is 72.5 Å². The molecule has 0 bridgehead atoms. The summed E-state index contributed by atoms with van der Waals surface area (Å²) >= 11 is 0. The molecule has 0 radical (unpaired) electrons. The first-order valence-corrected chi connectivity index (χ1v) is 12.3. The van der Waals surface area contributed by atoms with E-state index in [4.69, 9.17) is 0 Å². The zero-order valence-corrected chi connectivity index (χ0v) is 20.1. The number of likely N-dealkylation sites (tertiary alicyclic amines) is 1. The topological polar surface area (TPSA) is 78.8 Å². The van der Waals surface area contributed by atoms with Gasteiger partial charge in [-0.1, -0.05) is 50.1 Å². The predicted molar refractivity (Wildman–Crippen MR) is 131 cm³/mol. The van der Waals surface area contributed by atoms with E-state index in [-0.39, 0.29) is 11.9 Å². The second-order valence-corrected chi connectivity index (χ2v) is 9.02. The zero-order chi connectivity index (χ0) is 23.2. The third kappa shape index (κ3) is 5.36. The van der Waals surface area contributed by atoms with Gasteiger partial charge in [-0.25, -0.2) is 0 Å². The summed E-state index contributed by atoms with van der Waals surface area (Å²) in [5.41, 5.74) is 5.52. The minimum Gasteiger partial charge on any atom is -0.349 e. The second-order valence-electron chi connectivity index (χ2n) is 9.02. The molecule has 4 rings (SSSR count). The molecule has 176 valence electrons. The Morgan fingerprint density at radius 3 is 2.55 bits per heavy atom. The fourth-order valence-corrected chi connectivity index (χ4v) is 4.89. The Kier molecular flexibility index (Phi) is 7.60. The highest BCUT2D eigenvalue weighted by Crippen LogP contribution is 2.27. The van der Waals surface area contributed by atoms with Gasteiger partial charge in [0.05, 0.1) is 17.4 Å². The van der Waals surface area contributed by atoms with Gasteiger partial charge in [-0.3, -0.25) is 19.5 Å². The van der Waals surface area contributed by atoms with E-state index < -0.39 is 0 Å². The number of rotatable bonds is 8. The number of nitrogens with one attached hydrogen (secondary N) is 2. The number of carbonyl (C=O) groups is 1. The molecular weight excluding hydrogens is 412 g/mol. The molecule has 7 nitrogen and oxygen atoms in total. The lowest BCUT2D eigenvalue weighted by Crippen LogP contribution is -2.38. The molecule has 3 heterocycles. The molecule has 1 amide bonds. The average Bonchev–Trinajstić information content (AvgIpc) is 3.29. The number of aromatic nitrogens is 4. The van der Waals surface area contributed by atoms with E-state index in [1.165, 1.54) is 31.2 Å². The van der Waals surface area contributed by atoms with Crippen molar-refractivity contribution in [1.82, 2.24) is 30.2 Å². The maximum absolute atomic E-state index is 13.0. The lowest BCUT2D eigenvalue weighted by Gasteiger charge is -2.31. The Balaban J connectivity index is 1.48. The molecule has 3 aromatic rings. The van der Waals surface area contributed by atoms with E-state index in [1.807, 2.05) is 23.7 Å². The van der Waals surface area contributed by atoms with E-state index in [0.29, 0.717) is 12.2 Å². The number of hydrogen-bond acceptors (Lipinski definition) is 4. The number of benzene rings is 1. The number of aryl methyl sites for hydroxylation is 2. The van der Waals surface area contributed by atoms with Gasteiger partial charge < -0.3 is 5.32 Å². The molecule has 2 aromatic heterocycles. The number of amides is 1. The molecule has 1 atom stereocenters. The van der Waals surface area contributed by atoms with Crippen molar-refractivity contribution in [3.8, 4) is 11.3 Å². The van der Waals surface area contributed by atoms with Gasteiger partial charge in [0.1, 0.15) is 5.69 Å². The van der Waals surface area contributed by atoms with E-state index in [0.717, 1.165) is 48.7 Å².